The average molecular weight is 379 g/mol. The van der Waals surface area contributed by atoms with Crippen molar-refractivity contribution in [3.63, 3.8) is 0 Å². The number of aryl methyl sites for hydroxylation is 1. The first-order valence-electron chi connectivity index (χ1n) is 8.60. The van der Waals surface area contributed by atoms with Crippen LogP contribution in [0.2, 0.25) is 0 Å². The molecule has 140 valence electrons. The van der Waals surface area contributed by atoms with E-state index in [1.54, 1.807) is 0 Å². The van der Waals surface area contributed by atoms with E-state index < -0.39 is 24.0 Å². The number of rotatable bonds is 4. The topological polar surface area (TPSA) is 105 Å². The molecule has 0 saturated carbocycles. The Morgan fingerprint density at radius 1 is 1.27 bits per heavy atom. The molecule has 1 atom stereocenters. The molecule has 1 unspecified atom stereocenters. The zero-order valence-corrected chi connectivity index (χ0v) is 15.5. The number of esters is 1. The zero-order valence-electron chi connectivity index (χ0n) is 14.7. The number of carbonyl (C=O) groups excluding carboxylic acids is 4. The van der Waals surface area contributed by atoms with Gasteiger partial charge >= 0.3 is 12.0 Å². The highest BCUT2D eigenvalue weighted by Crippen LogP contribution is 2.38. The van der Waals surface area contributed by atoms with Crippen molar-refractivity contribution < 1.29 is 23.9 Å². The molecular weight excluding hydrogens is 358 g/mol. The molecule has 0 aromatic carbocycles. The fraction of sp³-hybridized carbons (Fsp3) is 0.529. The van der Waals surface area contributed by atoms with Crippen LogP contribution in [0, 0.1) is 0 Å². The van der Waals surface area contributed by atoms with Gasteiger partial charge < -0.3 is 15.4 Å². The summed E-state index contributed by atoms with van der Waals surface area (Å²) < 4.78 is 5.35. The largest absolute Gasteiger partial charge is 0.449 e. The van der Waals surface area contributed by atoms with Gasteiger partial charge in [-0.2, -0.15) is 0 Å². The molecule has 0 bridgehead atoms. The normalized spacial score (nSPS) is 17.3. The number of urea groups is 1. The van der Waals surface area contributed by atoms with Crippen molar-refractivity contribution >= 4 is 40.2 Å². The average Bonchev–Trinajstić information content (AvgIpc) is 3.16. The minimum absolute atomic E-state index is 0.255. The molecule has 1 saturated heterocycles. The number of hydrogen-bond acceptors (Lipinski definition) is 6. The molecule has 2 N–H and O–H groups in total. The number of thiophene rings is 1. The molecular formula is C17H21N3O5S. The summed E-state index contributed by atoms with van der Waals surface area (Å²) in [6.45, 7) is 3.47. The monoisotopic (exact) mass is 379 g/mol. The highest BCUT2D eigenvalue weighted by Gasteiger charge is 2.34. The van der Waals surface area contributed by atoms with Gasteiger partial charge in [0.25, 0.3) is 5.91 Å². The predicted molar refractivity (Wildman–Crippen MR) is 95.3 cm³/mol. The number of carbonyl (C=O) groups is 4. The molecule has 9 heteroatoms. The van der Waals surface area contributed by atoms with Crippen LogP contribution in [0.5, 0.6) is 0 Å². The second-order valence-corrected chi connectivity index (χ2v) is 7.47. The summed E-state index contributed by atoms with van der Waals surface area (Å²) in [6, 6.07) is -0.482. The Hall–Kier alpha value is -2.42. The van der Waals surface area contributed by atoms with E-state index in [1.165, 1.54) is 25.2 Å². The third kappa shape index (κ3) is 3.57. The first-order chi connectivity index (χ1) is 12.4. The summed E-state index contributed by atoms with van der Waals surface area (Å²) in [5.74, 6) is -1.47. The van der Waals surface area contributed by atoms with Crippen molar-refractivity contribution in [1.82, 2.24) is 10.2 Å². The predicted octanol–water partition coefficient (Wildman–Crippen LogP) is 1.68. The van der Waals surface area contributed by atoms with Crippen LogP contribution in [0.25, 0.3) is 0 Å². The molecule has 0 spiro atoms. The molecule has 1 aliphatic heterocycles. The van der Waals surface area contributed by atoms with Gasteiger partial charge in [0.2, 0.25) is 5.91 Å². The molecule has 0 radical (unpaired) electrons. The maximum Gasteiger partial charge on any atom is 0.342 e. The summed E-state index contributed by atoms with van der Waals surface area (Å²) in [5.41, 5.74) is 1.24. The van der Waals surface area contributed by atoms with Gasteiger partial charge in [-0.05, 0) is 38.2 Å². The number of ether oxygens (including phenoxy) is 1. The van der Waals surface area contributed by atoms with Crippen LogP contribution in [-0.4, -0.2) is 47.9 Å². The Morgan fingerprint density at radius 3 is 2.65 bits per heavy atom. The Balaban J connectivity index is 1.80. The minimum Gasteiger partial charge on any atom is -0.449 e. The van der Waals surface area contributed by atoms with E-state index in [0.717, 1.165) is 41.0 Å². The van der Waals surface area contributed by atoms with Gasteiger partial charge in [0.1, 0.15) is 5.00 Å². The van der Waals surface area contributed by atoms with Crippen molar-refractivity contribution in [3.05, 3.63) is 16.0 Å². The first-order valence-corrected chi connectivity index (χ1v) is 9.42. The number of imide groups is 1. The summed E-state index contributed by atoms with van der Waals surface area (Å²) >= 11 is 1.39. The lowest BCUT2D eigenvalue weighted by Gasteiger charge is -2.19. The van der Waals surface area contributed by atoms with Crippen molar-refractivity contribution in [2.75, 3.05) is 18.4 Å². The van der Waals surface area contributed by atoms with Crippen LogP contribution in [-0.2, 0) is 27.2 Å². The van der Waals surface area contributed by atoms with Crippen molar-refractivity contribution in [2.45, 2.75) is 45.6 Å². The van der Waals surface area contributed by atoms with E-state index in [0.29, 0.717) is 17.1 Å². The molecule has 2 aliphatic rings. The number of nitrogens with zero attached hydrogens (tertiary/aromatic N) is 1. The number of nitrogens with one attached hydrogen (secondary N) is 2. The van der Waals surface area contributed by atoms with Gasteiger partial charge in [0.05, 0.1) is 5.56 Å². The quantitative estimate of drug-likeness (QED) is 0.775. The smallest absolute Gasteiger partial charge is 0.342 e. The SMILES string of the molecule is CC(=O)Nc1sc2c(c1C(=O)OC(C)C(=O)N1CCNC1=O)CCCC2. The van der Waals surface area contributed by atoms with E-state index in [1.807, 2.05) is 0 Å². The summed E-state index contributed by atoms with van der Waals surface area (Å²) in [7, 11) is 0. The van der Waals surface area contributed by atoms with Crippen LogP contribution >= 0.6 is 11.3 Å². The molecule has 2 heterocycles. The lowest BCUT2D eigenvalue weighted by atomic mass is 9.95. The number of fused-ring (bicyclic) bond motifs is 1. The van der Waals surface area contributed by atoms with E-state index in [-0.39, 0.29) is 12.5 Å². The highest BCUT2D eigenvalue weighted by atomic mass is 32.1. The van der Waals surface area contributed by atoms with Crippen molar-refractivity contribution in [3.8, 4) is 0 Å². The third-order valence-electron chi connectivity index (χ3n) is 4.42. The van der Waals surface area contributed by atoms with Gasteiger partial charge in [0, 0.05) is 24.9 Å². The van der Waals surface area contributed by atoms with E-state index in [2.05, 4.69) is 10.6 Å². The number of hydrogen-bond donors (Lipinski definition) is 2. The van der Waals surface area contributed by atoms with Gasteiger partial charge in [-0.3, -0.25) is 14.5 Å². The molecule has 1 aliphatic carbocycles. The molecule has 4 amide bonds. The molecule has 1 aromatic rings. The van der Waals surface area contributed by atoms with E-state index in [9.17, 15) is 19.2 Å². The molecule has 8 nitrogen and oxygen atoms in total. The van der Waals surface area contributed by atoms with Crippen LogP contribution < -0.4 is 10.6 Å². The number of anilines is 1. The lowest BCUT2D eigenvalue weighted by molar-refractivity contribution is -0.136. The number of amides is 4. The van der Waals surface area contributed by atoms with Crippen LogP contribution in [0.15, 0.2) is 0 Å². The fourth-order valence-corrected chi connectivity index (χ4v) is 4.52. The molecule has 26 heavy (non-hydrogen) atoms. The summed E-state index contributed by atoms with van der Waals surface area (Å²) in [5, 5.41) is 5.70. The fourth-order valence-electron chi connectivity index (χ4n) is 3.20. The van der Waals surface area contributed by atoms with Crippen LogP contribution in [0.4, 0.5) is 9.80 Å². The van der Waals surface area contributed by atoms with Gasteiger partial charge in [-0.25, -0.2) is 9.59 Å². The standard InChI is InChI=1S/C17H21N3O5S/c1-9(15(22)20-8-7-18-17(20)24)25-16(23)13-11-5-3-4-6-12(11)26-14(13)19-10(2)21/h9H,3-8H2,1-2H3,(H,18,24)(H,19,21). The highest BCUT2D eigenvalue weighted by molar-refractivity contribution is 7.17. The Morgan fingerprint density at radius 2 is 2.00 bits per heavy atom. The maximum atomic E-state index is 12.8. The Kier molecular flexibility index (Phi) is 5.26. The molecule has 3 rings (SSSR count). The van der Waals surface area contributed by atoms with Crippen LogP contribution in [0.3, 0.4) is 0 Å². The summed E-state index contributed by atoms with van der Waals surface area (Å²) in [4.78, 5) is 50.3. The van der Waals surface area contributed by atoms with Gasteiger partial charge in [-0.15, -0.1) is 11.3 Å². The van der Waals surface area contributed by atoms with E-state index >= 15 is 0 Å². The Labute approximate surface area is 154 Å². The van der Waals surface area contributed by atoms with Crippen LogP contribution in [0.1, 0.15) is 47.5 Å². The zero-order chi connectivity index (χ0) is 18.8. The van der Waals surface area contributed by atoms with Crippen molar-refractivity contribution in [1.29, 1.82) is 0 Å². The Bertz CT molecular complexity index is 773. The second kappa shape index (κ2) is 7.45. The van der Waals surface area contributed by atoms with Gasteiger partial charge in [0.15, 0.2) is 6.10 Å². The van der Waals surface area contributed by atoms with E-state index in [4.69, 9.17) is 4.74 Å². The maximum absolute atomic E-state index is 12.8. The summed E-state index contributed by atoms with van der Waals surface area (Å²) in [6.07, 6.45) is 2.53. The lowest BCUT2D eigenvalue weighted by Crippen LogP contribution is -2.41. The third-order valence-corrected chi connectivity index (χ3v) is 5.63. The van der Waals surface area contributed by atoms with Gasteiger partial charge in [-0.1, -0.05) is 0 Å². The first kappa shape index (κ1) is 18.4. The minimum atomic E-state index is -1.09. The molecule has 1 aromatic heterocycles. The second-order valence-electron chi connectivity index (χ2n) is 6.37. The van der Waals surface area contributed by atoms with Crippen molar-refractivity contribution in [2.24, 2.45) is 0 Å². The molecule has 1 fully saturated rings.